The molecule has 30 heavy (non-hydrogen) atoms. The van der Waals surface area contributed by atoms with E-state index in [1.165, 1.54) is 19.4 Å². The molecule has 2 aromatic rings. The van der Waals surface area contributed by atoms with Crippen LogP contribution < -0.4 is 14.8 Å². The van der Waals surface area contributed by atoms with Gasteiger partial charge in [-0.3, -0.25) is 14.6 Å². The highest BCUT2D eigenvalue weighted by Gasteiger charge is 2.29. The minimum atomic E-state index is -2.61. The van der Waals surface area contributed by atoms with E-state index in [0.717, 1.165) is 12.8 Å². The zero-order valence-electron chi connectivity index (χ0n) is 16.7. The van der Waals surface area contributed by atoms with Crippen molar-refractivity contribution < 1.29 is 27.8 Å². The fourth-order valence-electron chi connectivity index (χ4n) is 2.96. The molecular formula is C21H23F2N3O4. The normalized spacial score (nSPS) is 14.3. The number of alkyl halides is 2. The van der Waals surface area contributed by atoms with Crippen LogP contribution in [0.4, 0.5) is 8.78 Å². The van der Waals surface area contributed by atoms with Crippen molar-refractivity contribution in [3.05, 3.63) is 47.3 Å². The van der Waals surface area contributed by atoms with Gasteiger partial charge in [0.05, 0.1) is 13.2 Å². The number of nitrogens with one attached hydrogen (secondary N) is 1. The molecule has 1 aliphatic carbocycles. The second-order valence-electron chi connectivity index (χ2n) is 7.10. The SMILES string of the molecule is COc1nc(OCC(F)F)ccc1C(C)NC(=O)c1ccnc(CC(=O)C2CC2)c1. The van der Waals surface area contributed by atoms with Crippen molar-refractivity contribution in [3.63, 3.8) is 0 Å². The summed E-state index contributed by atoms with van der Waals surface area (Å²) in [6.07, 6.45) is 0.975. The Bertz CT molecular complexity index is 919. The first-order valence-corrected chi connectivity index (χ1v) is 9.61. The van der Waals surface area contributed by atoms with Gasteiger partial charge in [0.25, 0.3) is 12.3 Å². The van der Waals surface area contributed by atoms with Gasteiger partial charge in [-0.25, -0.2) is 8.78 Å². The molecule has 7 nitrogen and oxygen atoms in total. The lowest BCUT2D eigenvalue weighted by molar-refractivity contribution is -0.119. The fraction of sp³-hybridized carbons (Fsp3) is 0.429. The van der Waals surface area contributed by atoms with Crippen LogP contribution in [-0.4, -0.2) is 41.8 Å². The molecular weight excluding hydrogens is 396 g/mol. The molecule has 0 aromatic carbocycles. The largest absolute Gasteiger partial charge is 0.481 e. The molecule has 160 valence electrons. The third kappa shape index (κ3) is 5.71. The van der Waals surface area contributed by atoms with E-state index in [0.29, 0.717) is 16.8 Å². The summed E-state index contributed by atoms with van der Waals surface area (Å²) in [5.41, 5.74) is 1.51. The quantitative estimate of drug-likeness (QED) is 0.636. The minimum Gasteiger partial charge on any atom is -0.481 e. The van der Waals surface area contributed by atoms with E-state index in [1.54, 1.807) is 25.1 Å². The maximum absolute atomic E-state index is 12.7. The maximum Gasteiger partial charge on any atom is 0.272 e. The van der Waals surface area contributed by atoms with Gasteiger partial charge in [-0.1, -0.05) is 0 Å². The van der Waals surface area contributed by atoms with Crippen molar-refractivity contribution in [2.75, 3.05) is 13.7 Å². The van der Waals surface area contributed by atoms with Gasteiger partial charge in [0.1, 0.15) is 5.78 Å². The van der Waals surface area contributed by atoms with Crippen molar-refractivity contribution in [3.8, 4) is 11.8 Å². The average Bonchev–Trinajstić information content (AvgIpc) is 3.57. The van der Waals surface area contributed by atoms with E-state index in [-0.39, 0.29) is 35.8 Å². The monoisotopic (exact) mass is 419 g/mol. The first kappa shape index (κ1) is 21.6. The number of halogens is 2. The molecule has 0 saturated heterocycles. The van der Waals surface area contributed by atoms with Gasteiger partial charge in [-0.2, -0.15) is 4.98 Å². The molecule has 0 radical (unpaired) electrons. The molecule has 1 amide bonds. The van der Waals surface area contributed by atoms with Gasteiger partial charge in [0.2, 0.25) is 11.8 Å². The summed E-state index contributed by atoms with van der Waals surface area (Å²) in [4.78, 5) is 32.9. The second kappa shape index (κ2) is 9.60. The zero-order chi connectivity index (χ0) is 21.7. The Hall–Kier alpha value is -3.10. The number of hydrogen-bond acceptors (Lipinski definition) is 6. The van der Waals surface area contributed by atoms with E-state index in [2.05, 4.69) is 15.3 Å². The lowest BCUT2D eigenvalue weighted by atomic mass is 10.1. The molecule has 3 rings (SSSR count). The number of rotatable bonds is 10. The Balaban J connectivity index is 1.66. The van der Waals surface area contributed by atoms with Crippen LogP contribution in [0.2, 0.25) is 0 Å². The molecule has 2 aromatic heterocycles. The van der Waals surface area contributed by atoms with Crippen LogP contribution >= 0.6 is 0 Å². The van der Waals surface area contributed by atoms with Crippen LogP contribution in [0.15, 0.2) is 30.5 Å². The number of nitrogens with zero attached hydrogens (tertiary/aromatic N) is 2. The number of carbonyl (C=O) groups excluding carboxylic acids is 2. The molecule has 1 saturated carbocycles. The van der Waals surface area contributed by atoms with Crippen LogP contribution in [0.25, 0.3) is 0 Å². The number of ketones is 1. The average molecular weight is 419 g/mol. The summed E-state index contributed by atoms with van der Waals surface area (Å²) in [6, 6.07) is 5.75. The van der Waals surface area contributed by atoms with Crippen LogP contribution in [-0.2, 0) is 11.2 Å². The van der Waals surface area contributed by atoms with Gasteiger partial charge < -0.3 is 14.8 Å². The number of ether oxygens (including phenoxy) is 2. The predicted octanol–water partition coefficient (Wildman–Crippen LogP) is 3.14. The molecule has 0 aliphatic heterocycles. The van der Waals surface area contributed by atoms with Crippen molar-refractivity contribution in [2.45, 2.75) is 38.7 Å². The summed E-state index contributed by atoms with van der Waals surface area (Å²) in [5.74, 6) is 0.119. The number of pyridine rings is 2. The second-order valence-corrected chi connectivity index (χ2v) is 7.10. The molecule has 1 aliphatic rings. The number of carbonyl (C=O) groups is 2. The summed E-state index contributed by atoms with van der Waals surface area (Å²) >= 11 is 0. The first-order chi connectivity index (χ1) is 14.4. The van der Waals surface area contributed by atoms with Crippen molar-refractivity contribution in [1.29, 1.82) is 0 Å². The predicted molar refractivity (Wildman–Crippen MR) is 104 cm³/mol. The van der Waals surface area contributed by atoms with Crippen LogP contribution in [0.1, 0.15) is 47.4 Å². The molecule has 1 fully saturated rings. The van der Waals surface area contributed by atoms with E-state index in [1.807, 2.05) is 0 Å². The Labute approximate surface area is 172 Å². The number of aromatic nitrogens is 2. The Kier molecular flexibility index (Phi) is 6.91. The standard InChI is InChI=1S/C21H23F2N3O4/c1-12(16-5-6-19(26-21(16)29-2)30-11-18(22)23)25-20(28)14-7-8-24-15(9-14)10-17(27)13-3-4-13/h5-9,12-13,18H,3-4,10-11H2,1-2H3,(H,25,28). The molecule has 1 N–H and O–H groups in total. The minimum absolute atomic E-state index is 0.00790. The maximum atomic E-state index is 12.7. The molecule has 2 heterocycles. The van der Waals surface area contributed by atoms with Gasteiger partial charge >= 0.3 is 0 Å². The van der Waals surface area contributed by atoms with Gasteiger partial charge in [0, 0.05) is 41.4 Å². The summed E-state index contributed by atoms with van der Waals surface area (Å²) in [6.45, 7) is 0.977. The van der Waals surface area contributed by atoms with E-state index in [4.69, 9.17) is 9.47 Å². The third-order valence-electron chi connectivity index (χ3n) is 4.70. The van der Waals surface area contributed by atoms with E-state index < -0.39 is 19.1 Å². The summed E-state index contributed by atoms with van der Waals surface area (Å²) < 4.78 is 34.7. The molecule has 0 spiro atoms. The highest BCUT2D eigenvalue weighted by Crippen LogP contribution is 2.31. The topological polar surface area (TPSA) is 90.4 Å². The molecule has 9 heteroatoms. The van der Waals surface area contributed by atoms with E-state index >= 15 is 0 Å². The number of Topliss-reactive ketones (excluding diaryl/α,β-unsaturated/α-hetero) is 1. The van der Waals surface area contributed by atoms with Crippen molar-refractivity contribution in [2.24, 2.45) is 5.92 Å². The lowest BCUT2D eigenvalue weighted by Crippen LogP contribution is -2.27. The molecule has 0 bridgehead atoms. The van der Waals surface area contributed by atoms with Crippen LogP contribution in [0, 0.1) is 5.92 Å². The van der Waals surface area contributed by atoms with Crippen molar-refractivity contribution in [1.82, 2.24) is 15.3 Å². The molecule has 1 atom stereocenters. The first-order valence-electron chi connectivity index (χ1n) is 9.61. The number of amides is 1. The van der Waals surface area contributed by atoms with Crippen molar-refractivity contribution >= 4 is 11.7 Å². The number of hydrogen-bond donors (Lipinski definition) is 1. The fourth-order valence-corrected chi connectivity index (χ4v) is 2.96. The number of methoxy groups -OCH3 is 1. The highest BCUT2D eigenvalue weighted by atomic mass is 19.3. The third-order valence-corrected chi connectivity index (χ3v) is 4.70. The van der Waals surface area contributed by atoms with Gasteiger partial charge in [-0.05, 0) is 38.0 Å². The smallest absolute Gasteiger partial charge is 0.272 e. The van der Waals surface area contributed by atoms with E-state index in [9.17, 15) is 18.4 Å². The van der Waals surface area contributed by atoms with Gasteiger partial charge in [-0.15, -0.1) is 0 Å². The highest BCUT2D eigenvalue weighted by molar-refractivity contribution is 5.94. The summed E-state index contributed by atoms with van der Waals surface area (Å²) in [7, 11) is 1.39. The Morgan fingerprint density at radius 1 is 1.27 bits per heavy atom. The Morgan fingerprint density at radius 3 is 2.70 bits per heavy atom. The molecule has 1 unspecified atom stereocenters. The Morgan fingerprint density at radius 2 is 2.03 bits per heavy atom. The zero-order valence-corrected chi connectivity index (χ0v) is 16.7. The summed E-state index contributed by atoms with van der Waals surface area (Å²) in [5, 5.41) is 2.84. The lowest BCUT2D eigenvalue weighted by Gasteiger charge is -2.17. The van der Waals surface area contributed by atoms with Crippen LogP contribution in [0.3, 0.4) is 0 Å². The van der Waals surface area contributed by atoms with Crippen LogP contribution in [0.5, 0.6) is 11.8 Å². The van der Waals surface area contributed by atoms with Gasteiger partial charge in [0.15, 0.2) is 6.61 Å².